The lowest BCUT2D eigenvalue weighted by molar-refractivity contribution is 0.0937. The van der Waals surface area contributed by atoms with Gasteiger partial charge in [0.05, 0.1) is 0 Å². The molecule has 2 N–H and O–H groups in total. The fourth-order valence-corrected chi connectivity index (χ4v) is 2.23. The lowest BCUT2D eigenvalue weighted by atomic mass is 10.0. The number of hydrogen-bond donors (Lipinski definition) is 2. The van der Waals surface area contributed by atoms with Crippen LogP contribution in [0.5, 0.6) is 0 Å². The fourth-order valence-electron chi connectivity index (χ4n) is 2.23. The van der Waals surface area contributed by atoms with Crippen molar-refractivity contribution in [3.63, 3.8) is 0 Å². The van der Waals surface area contributed by atoms with Gasteiger partial charge in [-0.3, -0.25) is 4.79 Å². The Morgan fingerprint density at radius 2 is 1.90 bits per heavy atom. The summed E-state index contributed by atoms with van der Waals surface area (Å²) in [6.07, 6.45) is 3.26. The normalized spacial score (nSPS) is 12.3. The van der Waals surface area contributed by atoms with Crippen molar-refractivity contribution in [2.24, 2.45) is 5.92 Å². The highest BCUT2D eigenvalue weighted by Crippen LogP contribution is 2.17. The van der Waals surface area contributed by atoms with Crippen molar-refractivity contribution in [3.05, 3.63) is 29.3 Å². The van der Waals surface area contributed by atoms with Gasteiger partial charge in [0, 0.05) is 23.8 Å². The molecule has 1 aromatic rings. The maximum Gasteiger partial charge on any atom is 0.251 e. The molecule has 0 radical (unpaired) electrons. The van der Waals surface area contributed by atoms with Crippen LogP contribution in [0.25, 0.3) is 0 Å². The van der Waals surface area contributed by atoms with E-state index in [1.807, 2.05) is 25.1 Å². The Balaban J connectivity index is 2.60. The fraction of sp³-hybridized carbons (Fsp3) is 0.611. The number of hydrogen-bond acceptors (Lipinski definition) is 2. The van der Waals surface area contributed by atoms with Gasteiger partial charge >= 0.3 is 0 Å². The molecule has 0 aliphatic rings. The minimum absolute atomic E-state index is 0.0244. The predicted molar refractivity (Wildman–Crippen MR) is 91.0 cm³/mol. The number of carbonyl (C=O) groups excluding carboxylic acids is 1. The van der Waals surface area contributed by atoms with Gasteiger partial charge in [0.15, 0.2) is 0 Å². The van der Waals surface area contributed by atoms with E-state index in [1.165, 1.54) is 0 Å². The van der Waals surface area contributed by atoms with E-state index in [4.69, 9.17) is 0 Å². The van der Waals surface area contributed by atoms with Crippen LogP contribution < -0.4 is 10.6 Å². The van der Waals surface area contributed by atoms with Crippen LogP contribution in [0.1, 0.15) is 62.9 Å². The van der Waals surface area contributed by atoms with Crippen LogP contribution in [-0.4, -0.2) is 18.5 Å². The van der Waals surface area contributed by atoms with Gasteiger partial charge in [-0.25, -0.2) is 0 Å². The molecule has 1 atom stereocenters. The second kappa shape index (κ2) is 8.71. The summed E-state index contributed by atoms with van der Waals surface area (Å²) in [7, 11) is 0. The first-order chi connectivity index (χ1) is 9.93. The number of benzene rings is 1. The summed E-state index contributed by atoms with van der Waals surface area (Å²) < 4.78 is 0. The van der Waals surface area contributed by atoms with Crippen LogP contribution in [0, 0.1) is 12.8 Å². The molecular weight excluding hydrogens is 260 g/mol. The van der Waals surface area contributed by atoms with Crippen molar-refractivity contribution in [2.45, 2.75) is 59.9 Å². The van der Waals surface area contributed by atoms with Gasteiger partial charge in [0.2, 0.25) is 0 Å². The van der Waals surface area contributed by atoms with E-state index in [0.717, 1.165) is 42.6 Å². The smallest absolute Gasteiger partial charge is 0.251 e. The van der Waals surface area contributed by atoms with E-state index in [0.29, 0.717) is 5.92 Å². The van der Waals surface area contributed by atoms with Crippen molar-refractivity contribution in [1.82, 2.24) is 5.32 Å². The van der Waals surface area contributed by atoms with Crippen LogP contribution in [0.3, 0.4) is 0 Å². The second-order valence-electron chi connectivity index (χ2n) is 6.30. The SMILES string of the molecule is CCCNc1ccc(C(=O)NC(C)CCC(C)C)cc1C. The van der Waals surface area contributed by atoms with Gasteiger partial charge in [-0.1, -0.05) is 20.8 Å². The molecule has 21 heavy (non-hydrogen) atoms. The van der Waals surface area contributed by atoms with E-state index >= 15 is 0 Å². The Labute approximate surface area is 129 Å². The zero-order valence-corrected chi connectivity index (χ0v) is 14.1. The molecule has 1 unspecified atom stereocenters. The molecule has 0 bridgehead atoms. The summed E-state index contributed by atoms with van der Waals surface area (Å²) in [5.41, 5.74) is 2.97. The first-order valence-corrected chi connectivity index (χ1v) is 8.09. The topological polar surface area (TPSA) is 41.1 Å². The third-order valence-corrected chi connectivity index (χ3v) is 3.61. The second-order valence-corrected chi connectivity index (χ2v) is 6.30. The average molecular weight is 290 g/mol. The summed E-state index contributed by atoms with van der Waals surface area (Å²) in [5.74, 6) is 0.701. The molecule has 0 aromatic heterocycles. The summed E-state index contributed by atoms with van der Waals surface area (Å²) in [6.45, 7) is 11.6. The zero-order chi connectivity index (χ0) is 15.8. The van der Waals surface area contributed by atoms with Crippen LogP contribution in [0.15, 0.2) is 18.2 Å². The molecule has 0 fully saturated rings. The first-order valence-electron chi connectivity index (χ1n) is 8.09. The van der Waals surface area contributed by atoms with Gasteiger partial charge in [0.25, 0.3) is 5.91 Å². The number of amides is 1. The molecule has 118 valence electrons. The lowest BCUT2D eigenvalue weighted by Gasteiger charge is -2.16. The van der Waals surface area contributed by atoms with Gasteiger partial charge in [-0.2, -0.15) is 0 Å². The van der Waals surface area contributed by atoms with E-state index in [-0.39, 0.29) is 11.9 Å². The predicted octanol–water partition coefficient (Wildman–Crippen LogP) is 4.37. The highest BCUT2D eigenvalue weighted by molar-refractivity contribution is 5.95. The highest BCUT2D eigenvalue weighted by Gasteiger charge is 2.11. The minimum Gasteiger partial charge on any atom is -0.385 e. The molecule has 0 saturated carbocycles. The molecule has 0 spiro atoms. The van der Waals surface area contributed by atoms with E-state index in [9.17, 15) is 4.79 Å². The molecule has 1 amide bonds. The van der Waals surface area contributed by atoms with Crippen LogP contribution >= 0.6 is 0 Å². The van der Waals surface area contributed by atoms with Gasteiger partial charge in [-0.15, -0.1) is 0 Å². The Morgan fingerprint density at radius 3 is 2.48 bits per heavy atom. The van der Waals surface area contributed by atoms with E-state index in [1.54, 1.807) is 0 Å². The molecule has 1 aromatic carbocycles. The lowest BCUT2D eigenvalue weighted by Crippen LogP contribution is -2.32. The average Bonchev–Trinajstić information content (AvgIpc) is 2.43. The number of aryl methyl sites for hydroxylation is 1. The number of nitrogens with one attached hydrogen (secondary N) is 2. The standard InChI is InChI=1S/C18H30N2O/c1-6-11-19-17-10-9-16(12-14(17)4)18(21)20-15(5)8-7-13(2)3/h9-10,12-13,15,19H,6-8,11H2,1-5H3,(H,20,21). The molecule has 0 saturated heterocycles. The molecule has 1 rings (SSSR count). The Kier molecular flexibility index (Phi) is 7.27. The Morgan fingerprint density at radius 1 is 1.19 bits per heavy atom. The molecule has 0 aliphatic heterocycles. The third-order valence-electron chi connectivity index (χ3n) is 3.61. The largest absolute Gasteiger partial charge is 0.385 e. The van der Waals surface area contributed by atoms with Crippen molar-refractivity contribution in [2.75, 3.05) is 11.9 Å². The molecule has 3 heteroatoms. The van der Waals surface area contributed by atoms with Crippen molar-refractivity contribution in [1.29, 1.82) is 0 Å². The third kappa shape index (κ3) is 6.19. The Bertz CT molecular complexity index is 455. The van der Waals surface area contributed by atoms with Gasteiger partial charge < -0.3 is 10.6 Å². The van der Waals surface area contributed by atoms with Gasteiger partial charge in [-0.05, 0) is 62.8 Å². The molecule has 0 heterocycles. The summed E-state index contributed by atoms with van der Waals surface area (Å²) in [5, 5.41) is 6.45. The molecular formula is C18H30N2O. The first kappa shape index (κ1) is 17.5. The summed E-state index contributed by atoms with van der Waals surface area (Å²) in [4.78, 5) is 12.2. The number of rotatable bonds is 8. The number of carbonyl (C=O) groups is 1. The zero-order valence-electron chi connectivity index (χ0n) is 14.1. The van der Waals surface area contributed by atoms with Crippen molar-refractivity contribution >= 4 is 11.6 Å². The van der Waals surface area contributed by atoms with Crippen LogP contribution in [0.4, 0.5) is 5.69 Å². The number of anilines is 1. The van der Waals surface area contributed by atoms with Crippen LogP contribution in [-0.2, 0) is 0 Å². The molecule has 0 aliphatic carbocycles. The maximum atomic E-state index is 12.2. The quantitative estimate of drug-likeness (QED) is 0.746. The Hall–Kier alpha value is -1.51. The van der Waals surface area contributed by atoms with E-state index in [2.05, 4.69) is 38.3 Å². The monoisotopic (exact) mass is 290 g/mol. The van der Waals surface area contributed by atoms with Crippen molar-refractivity contribution in [3.8, 4) is 0 Å². The van der Waals surface area contributed by atoms with Crippen LogP contribution in [0.2, 0.25) is 0 Å². The van der Waals surface area contributed by atoms with Gasteiger partial charge in [0.1, 0.15) is 0 Å². The summed E-state index contributed by atoms with van der Waals surface area (Å²) >= 11 is 0. The van der Waals surface area contributed by atoms with Crippen molar-refractivity contribution < 1.29 is 4.79 Å². The summed E-state index contributed by atoms with van der Waals surface area (Å²) in [6, 6.07) is 6.08. The van der Waals surface area contributed by atoms with E-state index < -0.39 is 0 Å². The highest BCUT2D eigenvalue weighted by atomic mass is 16.1. The maximum absolute atomic E-state index is 12.2. The minimum atomic E-state index is 0.0244. The molecule has 3 nitrogen and oxygen atoms in total.